The fourth-order valence-electron chi connectivity index (χ4n) is 3.16. The van der Waals surface area contributed by atoms with Gasteiger partial charge in [-0.05, 0) is 35.0 Å². The summed E-state index contributed by atoms with van der Waals surface area (Å²) in [5, 5.41) is 14.0. The Labute approximate surface area is 182 Å². The van der Waals surface area contributed by atoms with Gasteiger partial charge in [0.25, 0.3) is 0 Å². The Balaban J connectivity index is 1.43. The van der Waals surface area contributed by atoms with Crippen molar-refractivity contribution in [3.05, 3.63) is 72.4 Å². The number of nitrogens with two attached hydrogens (primary N) is 1. The molecule has 31 heavy (non-hydrogen) atoms. The Kier molecular flexibility index (Phi) is 6.32. The number of aryl methyl sites for hydroxylation is 1. The van der Waals surface area contributed by atoms with Gasteiger partial charge in [0.05, 0.1) is 18.6 Å². The Hall–Kier alpha value is -3.59. The SMILES string of the molecule is NC(=O)CCc1nnc(SCC(=O)Nc2ccc3ccccc3c2)n1Cc1ccco1. The van der Waals surface area contributed by atoms with Crippen molar-refractivity contribution in [1.82, 2.24) is 14.8 Å². The van der Waals surface area contributed by atoms with Crippen LogP contribution in [0.4, 0.5) is 5.69 Å². The van der Waals surface area contributed by atoms with E-state index in [0.717, 1.165) is 22.2 Å². The first-order valence-electron chi connectivity index (χ1n) is 9.73. The van der Waals surface area contributed by atoms with Crippen LogP contribution < -0.4 is 11.1 Å². The van der Waals surface area contributed by atoms with Crippen LogP contribution in [0.3, 0.4) is 0 Å². The molecule has 2 heterocycles. The van der Waals surface area contributed by atoms with Crippen molar-refractivity contribution in [2.45, 2.75) is 24.5 Å². The molecule has 158 valence electrons. The lowest BCUT2D eigenvalue weighted by Crippen LogP contribution is -2.16. The summed E-state index contributed by atoms with van der Waals surface area (Å²) in [6, 6.07) is 17.4. The molecule has 2 amide bonds. The molecule has 0 atom stereocenters. The van der Waals surface area contributed by atoms with Gasteiger partial charge in [0.15, 0.2) is 5.16 Å². The summed E-state index contributed by atoms with van der Waals surface area (Å²) in [6.45, 7) is 0.405. The van der Waals surface area contributed by atoms with E-state index in [9.17, 15) is 9.59 Å². The predicted molar refractivity (Wildman–Crippen MR) is 119 cm³/mol. The molecule has 4 aromatic rings. The second kappa shape index (κ2) is 9.48. The highest BCUT2D eigenvalue weighted by atomic mass is 32.2. The summed E-state index contributed by atoms with van der Waals surface area (Å²) >= 11 is 1.27. The number of nitrogens with one attached hydrogen (secondary N) is 1. The number of primary amides is 1. The minimum Gasteiger partial charge on any atom is -0.467 e. The average Bonchev–Trinajstić information content (AvgIpc) is 3.41. The molecule has 0 unspecified atom stereocenters. The molecular weight excluding hydrogens is 414 g/mol. The zero-order valence-corrected chi connectivity index (χ0v) is 17.5. The van der Waals surface area contributed by atoms with Crippen LogP contribution >= 0.6 is 11.8 Å². The third kappa shape index (κ3) is 5.32. The molecule has 0 bridgehead atoms. The number of amides is 2. The van der Waals surface area contributed by atoms with Gasteiger partial charge >= 0.3 is 0 Å². The van der Waals surface area contributed by atoms with Gasteiger partial charge in [-0.2, -0.15) is 0 Å². The molecule has 0 saturated carbocycles. The number of aromatic nitrogens is 3. The van der Waals surface area contributed by atoms with Crippen molar-refractivity contribution in [3.8, 4) is 0 Å². The third-order valence-corrected chi connectivity index (χ3v) is 5.61. The molecule has 4 rings (SSSR count). The summed E-state index contributed by atoms with van der Waals surface area (Å²) in [5.74, 6) is 0.956. The topological polar surface area (TPSA) is 116 Å². The van der Waals surface area contributed by atoms with E-state index in [-0.39, 0.29) is 18.1 Å². The van der Waals surface area contributed by atoms with Crippen molar-refractivity contribution < 1.29 is 14.0 Å². The second-order valence-corrected chi connectivity index (χ2v) is 7.87. The van der Waals surface area contributed by atoms with Gasteiger partial charge in [0.1, 0.15) is 11.6 Å². The molecule has 8 nitrogen and oxygen atoms in total. The monoisotopic (exact) mass is 435 g/mol. The molecular formula is C22H21N5O3S. The molecule has 0 fully saturated rings. The minimum atomic E-state index is -0.406. The lowest BCUT2D eigenvalue weighted by Gasteiger charge is -2.09. The van der Waals surface area contributed by atoms with Gasteiger partial charge in [-0.3, -0.25) is 14.2 Å². The zero-order valence-electron chi connectivity index (χ0n) is 16.7. The minimum absolute atomic E-state index is 0.147. The number of benzene rings is 2. The molecule has 9 heteroatoms. The number of fused-ring (bicyclic) bond motifs is 1. The average molecular weight is 436 g/mol. The van der Waals surface area contributed by atoms with Gasteiger partial charge in [-0.25, -0.2) is 0 Å². The van der Waals surface area contributed by atoms with Gasteiger partial charge in [-0.15, -0.1) is 10.2 Å². The van der Waals surface area contributed by atoms with Crippen LogP contribution in [-0.4, -0.2) is 32.3 Å². The van der Waals surface area contributed by atoms with Crippen LogP contribution in [0.15, 0.2) is 70.4 Å². The van der Waals surface area contributed by atoms with E-state index in [4.69, 9.17) is 10.2 Å². The van der Waals surface area contributed by atoms with E-state index in [1.807, 2.05) is 53.1 Å². The number of hydrogen-bond donors (Lipinski definition) is 2. The molecule has 0 radical (unpaired) electrons. The van der Waals surface area contributed by atoms with Crippen molar-refractivity contribution in [2.75, 3.05) is 11.1 Å². The molecule has 0 aliphatic rings. The molecule has 0 aliphatic heterocycles. The molecule has 0 aliphatic carbocycles. The lowest BCUT2D eigenvalue weighted by atomic mass is 10.1. The summed E-state index contributed by atoms with van der Waals surface area (Å²) in [6.07, 6.45) is 2.13. The number of furan rings is 1. The largest absolute Gasteiger partial charge is 0.467 e. The summed E-state index contributed by atoms with van der Waals surface area (Å²) in [4.78, 5) is 23.7. The first-order valence-corrected chi connectivity index (χ1v) is 10.7. The first kappa shape index (κ1) is 20.7. The highest BCUT2D eigenvalue weighted by Gasteiger charge is 2.16. The number of carbonyl (C=O) groups is 2. The van der Waals surface area contributed by atoms with Crippen molar-refractivity contribution >= 4 is 40.0 Å². The van der Waals surface area contributed by atoms with E-state index in [1.165, 1.54) is 11.8 Å². The zero-order chi connectivity index (χ0) is 21.6. The number of thioether (sulfide) groups is 1. The highest BCUT2D eigenvalue weighted by molar-refractivity contribution is 7.99. The van der Waals surface area contributed by atoms with E-state index in [1.54, 1.807) is 12.3 Å². The quantitative estimate of drug-likeness (QED) is 0.390. The summed E-state index contributed by atoms with van der Waals surface area (Å²) in [7, 11) is 0. The maximum atomic E-state index is 12.5. The van der Waals surface area contributed by atoms with Gasteiger partial charge in [-0.1, -0.05) is 42.1 Å². The number of hydrogen-bond acceptors (Lipinski definition) is 6. The standard InChI is InChI=1S/C22H21N5O3S/c23-19(28)9-10-20-25-26-22(27(20)13-18-6-3-11-30-18)31-14-21(29)24-17-8-7-15-4-1-2-5-16(15)12-17/h1-8,11-12H,9-10,13-14H2,(H2,23,28)(H,24,29). The Morgan fingerprint density at radius 2 is 1.90 bits per heavy atom. The normalized spacial score (nSPS) is 11.0. The van der Waals surface area contributed by atoms with Gasteiger partial charge < -0.3 is 15.5 Å². The molecule has 2 aromatic carbocycles. The Morgan fingerprint density at radius 1 is 1.06 bits per heavy atom. The first-order chi connectivity index (χ1) is 15.1. The maximum absolute atomic E-state index is 12.5. The van der Waals surface area contributed by atoms with E-state index in [0.29, 0.717) is 23.9 Å². The third-order valence-electron chi connectivity index (χ3n) is 4.65. The van der Waals surface area contributed by atoms with Crippen LogP contribution in [-0.2, 0) is 22.6 Å². The number of rotatable bonds is 9. The smallest absolute Gasteiger partial charge is 0.234 e. The predicted octanol–water partition coefficient (Wildman–Crippen LogP) is 3.22. The highest BCUT2D eigenvalue weighted by Crippen LogP contribution is 2.22. The van der Waals surface area contributed by atoms with E-state index < -0.39 is 5.91 Å². The molecule has 3 N–H and O–H groups in total. The molecule has 0 saturated heterocycles. The van der Waals surface area contributed by atoms with E-state index in [2.05, 4.69) is 15.5 Å². The van der Waals surface area contributed by atoms with Crippen molar-refractivity contribution in [1.29, 1.82) is 0 Å². The fraction of sp³-hybridized carbons (Fsp3) is 0.182. The van der Waals surface area contributed by atoms with Crippen molar-refractivity contribution in [2.24, 2.45) is 5.73 Å². The Morgan fingerprint density at radius 3 is 2.68 bits per heavy atom. The maximum Gasteiger partial charge on any atom is 0.234 e. The van der Waals surface area contributed by atoms with Crippen molar-refractivity contribution in [3.63, 3.8) is 0 Å². The second-order valence-electron chi connectivity index (χ2n) is 6.93. The van der Waals surface area contributed by atoms with E-state index >= 15 is 0 Å². The number of anilines is 1. The van der Waals surface area contributed by atoms with Crippen LogP contribution in [0.2, 0.25) is 0 Å². The van der Waals surface area contributed by atoms with Crippen LogP contribution in [0.1, 0.15) is 18.0 Å². The fourth-order valence-corrected chi connectivity index (χ4v) is 3.91. The molecule has 0 spiro atoms. The van der Waals surface area contributed by atoms with Crippen LogP contribution in [0.5, 0.6) is 0 Å². The summed E-state index contributed by atoms with van der Waals surface area (Å²) in [5.41, 5.74) is 6.01. The summed E-state index contributed by atoms with van der Waals surface area (Å²) < 4.78 is 7.27. The number of nitrogens with zero attached hydrogens (tertiary/aromatic N) is 3. The van der Waals surface area contributed by atoms with Crippen LogP contribution in [0, 0.1) is 0 Å². The Bertz CT molecular complexity index is 1200. The molecule has 2 aromatic heterocycles. The number of carbonyl (C=O) groups excluding carboxylic acids is 2. The lowest BCUT2D eigenvalue weighted by molar-refractivity contribution is -0.118. The van der Waals surface area contributed by atoms with Gasteiger partial charge in [0, 0.05) is 18.5 Å². The van der Waals surface area contributed by atoms with Gasteiger partial charge in [0.2, 0.25) is 11.8 Å². The van der Waals surface area contributed by atoms with Crippen LogP contribution in [0.25, 0.3) is 10.8 Å².